The summed E-state index contributed by atoms with van der Waals surface area (Å²) in [6.45, 7) is 4.68. The molecule has 0 aliphatic carbocycles. The molecule has 17 heteroatoms. The number of rotatable bonds is 7. The van der Waals surface area contributed by atoms with Gasteiger partial charge in [-0.05, 0) is 26.8 Å². The smallest absolute Gasteiger partial charge is 0.724 e. The Balaban J connectivity index is 0.00000385. The first-order valence-electron chi connectivity index (χ1n) is 9.34. The van der Waals surface area contributed by atoms with E-state index in [2.05, 4.69) is 14.6 Å². The summed E-state index contributed by atoms with van der Waals surface area (Å²) in [6, 6.07) is -1.60. The molecule has 1 atom stereocenters. The molecule has 0 radical (unpaired) electrons. The van der Waals surface area contributed by atoms with Crippen molar-refractivity contribution in [1.82, 2.24) is 29.9 Å². The summed E-state index contributed by atoms with van der Waals surface area (Å²) in [4.78, 5) is 38.3. The summed E-state index contributed by atoms with van der Waals surface area (Å²) < 4.78 is 43.5. The van der Waals surface area contributed by atoms with Crippen molar-refractivity contribution in [2.75, 3.05) is 19.6 Å². The molecule has 3 heterocycles. The molecule has 1 aromatic rings. The van der Waals surface area contributed by atoms with E-state index >= 15 is 0 Å². The van der Waals surface area contributed by atoms with Crippen molar-refractivity contribution < 1.29 is 65.9 Å². The number of nitrogens with two attached hydrogens (primary N) is 1. The van der Waals surface area contributed by atoms with Crippen LogP contribution in [0.4, 0.5) is 9.59 Å². The van der Waals surface area contributed by atoms with Crippen LogP contribution >= 0.6 is 0 Å². The molecular weight excluding hydrogens is 473 g/mol. The van der Waals surface area contributed by atoms with Crippen LogP contribution < -0.4 is 35.3 Å². The number of carbonyl (C=O) groups is 3. The van der Waals surface area contributed by atoms with Crippen molar-refractivity contribution in [1.29, 1.82) is 0 Å². The van der Waals surface area contributed by atoms with E-state index in [4.69, 9.17) is 10.5 Å². The Hall–Kier alpha value is -2.24. The monoisotopic (exact) mass is 495 g/mol. The van der Waals surface area contributed by atoms with Crippen molar-refractivity contribution in [2.45, 2.75) is 39.0 Å². The van der Waals surface area contributed by atoms with Crippen LogP contribution in [0.3, 0.4) is 0 Å². The number of urea groups is 1. The van der Waals surface area contributed by atoms with Crippen LogP contribution in [0.15, 0.2) is 12.3 Å². The first kappa shape index (κ1) is 27.0. The Morgan fingerprint density at radius 3 is 2.61 bits per heavy atom. The van der Waals surface area contributed by atoms with Gasteiger partial charge < -0.3 is 19.9 Å². The van der Waals surface area contributed by atoms with E-state index < -0.39 is 46.6 Å². The number of nitrogens with zero attached hydrogens (tertiary/aromatic N) is 6. The molecule has 15 nitrogen and oxygen atoms in total. The average molecular weight is 495 g/mol. The number of primary amides is 1. The van der Waals surface area contributed by atoms with Crippen molar-refractivity contribution in [3.8, 4) is 0 Å². The fraction of sp³-hybridized carbons (Fsp3) is 0.562. The van der Waals surface area contributed by atoms with E-state index in [1.54, 1.807) is 20.8 Å². The van der Waals surface area contributed by atoms with Crippen LogP contribution in [-0.4, -0.2) is 92.1 Å². The molecule has 0 spiro atoms. The molecule has 1 fully saturated rings. The average Bonchev–Trinajstić information content (AvgIpc) is 3.17. The second-order valence-corrected chi connectivity index (χ2v) is 9.12. The van der Waals surface area contributed by atoms with E-state index in [0.29, 0.717) is 16.5 Å². The number of hydrogen-bond acceptors (Lipinski definition) is 10. The first-order chi connectivity index (χ1) is 14.7. The van der Waals surface area contributed by atoms with Crippen molar-refractivity contribution in [2.24, 2.45) is 5.73 Å². The summed E-state index contributed by atoms with van der Waals surface area (Å²) in [5, 5.41) is 8.41. The normalized spacial score (nSPS) is 18.0. The SMILES string of the molecule is CC(C)(C)OC(=O)N(CC(N)=O)Cc1cn(C2=CC3CN(C2)C(=O)N3OS(=O)(=O)[O-])nn1.[Na+]. The zero-order chi connectivity index (χ0) is 23.8. The number of ether oxygens (including phenoxy) is 1. The van der Waals surface area contributed by atoms with Crippen LogP contribution in [0.1, 0.15) is 26.5 Å². The molecule has 2 N–H and O–H groups in total. The Labute approximate surface area is 211 Å². The first-order valence-corrected chi connectivity index (χ1v) is 10.7. The number of amides is 4. The zero-order valence-corrected chi connectivity index (χ0v) is 21.3. The van der Waals surface area contributed by atoms with Crippen LogP contribution in [0.5, 0.6) is 0 Å². The molecule has 3 rings (SSSR count). The zero-order valence-electron chi connectivity index (χ0n) is 18.5. The third kappa shape index (κ3) is 7.12. The van der Waals surface area contributed by atoms with Gasteiger partial charge >= 0.3 is 41.7 Å². The summed E-state index contributed by atoms with van der Waals surface area (Å²) in [5.74, 6) is -0.741. The summed E-state index contributed by atoms with van der Waals surface area (Å²) in [7, 11) is -5.12. The van der Waals surface area contributed by atoms with Gasteiger partial charge in [-0.25, -0.2) is 22.7 Å². The molecule has 176 valence electrons. The minimum atomic E-state index is -5.12. The fourth-order valence-corrected chi connectivity index (χ4v) is 3.49. The van der Waals surface area contributed by atoms with E-state index in [9.17, 15) is 27.4 Å². The van der Waals surface area contributed by atoms with Crippen LogP contribution in [0.2, 0.25) is 0 Å². The van der Waals surface area contributed by atoms with Gasteiger partial charge in [0.1, 0.15) is 23.9 Å². The van der Waals surface area contributed by atoms with Gasteiger partial charge in [0, 0.05) is 6.54 Å². The molecule has 0 aromatic carbocycles. The second-order valence-electron chi connectivity index (χ2n) is 8.15. The summed E-state index contributed by atoms with van der Waals surface area (Å²) in [5.41, 5.74) is 5.19. The fourth-order valence-electron chi connectivity index (χ4n) is 3.12. The van der Waals surface area contributed by atoms with Crippen LogP contribution in [0, 0.1) is 0 Å². The maximum absolute atomic E-state index is 12.4. The molecule has 33 heavy (non-hydrogen) atoms. The van der Waals surface area contributed by atoms with Gasteiger partial charge in [-0.3, -0.25) is 9.69 Å². The largest absolute Gasteiger partial charge is 1.00 e. The van der Waals surface area contributed by atoms with E-state index in [-0.39, 0.29) is 49.2 Å². The Kier molecular flexibility index (Phi) is 8.14. The minimum Gasteiger partial charge on any atom is -0.724 e. The van der Waals surface area contributed by atoms with Crippen molar-refractivity contribution in [3.63, 3.8) is 0 Å². The standard InChI is InChI=1S/C16H23N7O8S.Na/c1-16(2,3)30-15(26)21(9-13(17)24)5-10-6-22(19-18-10)11-4-12-8-20(7-11)14(25)23(12)31-32(27,28)29;/h4,6,12H,5,7-9H2,1-3H3,(H2,17,24)(H,27,28,29);/q;+1/p-1. The topological polar surface area (TPSA) is 193 Å². The van der Waals surface area contributed by atoms with Gasteiger partial charge in [0.05, 0.1) is 25.0 Å². The Morgan fingerprint density at radius 2 is 2.03 bits per heavy atom. The van der Waals surface area contributed by atoms with Crippen molar-refractivity contribution in [3.05, 3.63) is 18.0 Å². The molecule has 1 saturated heterocycles. The molecule has 1 aromatic heterocycles. The van der Waals surface area contributed by atoms with Crippen LogP contribution in [-0.2, 0) is 30.8 Å². The third-order valence-corrected chi connectivity index (χ3v) is 4.61. The van der Waals surface area contributed by atoms with Gasteiger partial charge in [0.15, 0.2) is 0 Å². The number of aromatic nitrogens is 3. The van der Waals surface area contributed by atoms with Gasteiger partial charge in [-0.15, -0.1) is 5.10 Å². The van der Waals surface area contributed by atoms with Crippen LogP contribution in [0.25, 0.3) is 5.70 Å². The number of hydroxylamine groups is 2. The molecule has 4 amide bonds. The predicted molar refractivity (Wildman–Crippen MR) is 104 cm³/mol. The van der Waals surface area contributed by atoms with Gasteiger partial charge in [0.25, 0.3) is 0 Å². The molecule has 2 aliphatic heterocycles. The van der Waals surface area contributed by atoms with E-state index in [0.717, 1.165) is 4.90 Å². The van der Waals surface area contributed by atoms with Gasteiger partial charge in [-0.2, -0.15) is 9.35 Å². The quantitative estimate of drug-likeness (QED) is 0.220. The van der Waals surface area contributed by atoms with E-state index in [1.807, 2.05) is 0 Å². The Morgan fingerprint density at radius 1 is 1.36 bits per heavy atom. The van der Waals surface area contributed by atoms with Crippen molar-refractivity contribution >= 4 is 34.1 Å². The summed E-state index contributed by atoms with van der Waals surface area (Å²) in [6.07, 6.45) is 2.22. The number of fused-ring (bicyclic) bond motifs is 2. The number of carbonyl (C=O) groups excluding carboxylic acids is 3. The second kappa shape index (κ2) is 9.94. The van der Waals surface area contributed by atoms with Gasteiger partial charge in [0.2, 0.25) is 16.3 Å². The number of hydrogen-bond donors (Lipinski definition) is 1. The molecule has 1 unspecified atom stereocenters. The molecule has 2 aliphatic rings. The molecule has 2 bridgehead atoms. The van der Waals surface area contributed by atoms with E-state index in [1.165, 1.54) is 21.9 Å². The van der Waals surface area contributed by atoms with Gasteiger partial charge in [-0.1, -0.05) is 5.21 Å². The third-order valence-electron chi connectivity index (χ3n) is 4.26. The Bertz CT molecular complexity index is 1070. The summed E-state index contributed by atoms with van der Waals surface area (Å²) >= 11 is 0. The maximum Gasteiger partial charge on any atom is 1.00 e. The predicted octanol–water partition coefficient (Wildman–Crippen LogP) is -4.14. The minimum absolute atomic E-state index is 0. The molecule has 0 saturated carbocycles. The molecular formula is C16H22N7NaO8S. The maximum atomic E-state index is 12.4.